The van der Waals surface area contributed by atoms with Crippen LogP contribution in [0.4, 0.5) is 10.1 Å². The molecule has 0 radical (unpaired) electrons. The fourth-order valence-electron chi connectivity index (χ4n) is 2.02. The first kappa shape index (κ1) is 20.3. The standard InChI is InChI=1S/C19H15BrFNO5/c1-26-19(25)13-3-2-4-15(10-13)22-17(23)11-27-18(24)8-5-12-9-14(20)6-7-16(12)21/h2-10H,11H2,1H3,(H,22,23)/b8-5+. The molecule has 2 rings (SSSR count). The summed E-state index contributed by atoms with van der Waals surface area (Å²) in [7, 11) is 1.25. The summed E-state index contributed by atoms with van der Waals surface area (Å²) in [5, 5.41) is 2.49. The molecule has 140 valence electrons. The Balaban J connectivity index is 1.88. The van der Waals surface area contributed by atoms with Gasteiger partial charge in [-0.2, -0.15) is 0 Å². The first-order chi connectivity index (χ1) is 12.9. The second-order valence-corrected chi connectivity index (χ2v) is 6.14. The van der Waals surface area contributed by atoms with Gasteiger partial charge in [0.25, 0.3) is 5.91 Å². The van der Waals surface area contributed by atoms with Crippen LogP contribution in [0.15, 0.2) is 53.0 Å². The largest absolute Gasteiger partial charge is 0.465 e. The smallest absolute Gasteiger partial charge is 0.337 e. The molecule has 0 saturated heterocycles. The van der Waals surface area contributed by atoms with Crippen LogP contribution in [-0.4, -0.2) is 31.6 Å². The Labute approximate surface area is 163 Å². The highest BCUT2D eigenvalue weighted by Gasteiger charge is 2.09. The summed E-state index contributed by atoms with van der Waals surface area (Å²) < 4.78 is 23.6. The number of carbonyl (C=O) groups is 3. The van der Waals surface area contributed by atoms with Gasteiger partial charge in [0.1, 0.15) is 5.82 Å². The Bertz CT molecular complexity index is 897. The zero-order valence-electron chi connectivity index (χ0n) is 14.2. The van der Waals surface area contributed by atoms with Crippen LogP contribution in [0.3, 0.4) is 0 Å². The van der Waals surface area contributed by atoms with Crippen LogP contribution in [-0.2, 0) is 19.1 Å². The van der Waals surface area contributed by atoms with Crippen LogP contribution in [0.2, 0.25) is 0 Å². The number of anilines is 1. The molecular formula is C19H15BrFNO5. The van der Waals surface area contributed by atoms with Crippen molar-refractivity contribution in [1.29, 1.82) is 0 Å². The van der Waals surface area contributed by atoms with Crippen molar-refractivity contribution in [3.63, 3.8) is 0 Å². The van der Waals surface area contributed by atoms with E-state index in [4.69, 9.17) is 4.74 Å². The normalized spacial score (nSPS) is 10.5. The number of rotatable bonds is 6. The number of halogens is 2. The van der Waals surface area contributed by atoms with Crippen molar-refractivity contribution in [3.8, 4) is 0 Å². The Hall–Kier alpha value is -3.00. The Morgan fingerprint density at radius 3 is 2.70 bits per heavy atom. The van der Waals surface area contributed by atoms with Crippen molar-refractivity contribution in [3.05, 3.63) is 70.0 Å². The highest BCUT2D eigenvalue weighted by atomic mass is 79.9. The van der Waals surface area contributed by atoms with Gasteiger partial charge < -0.3 is 14.8 Å². The maximum absolute atomic E-state index is 13.6. The topological polar surface area (TPSA) is 81.7 Å². The quantitative estimate of drug-likeness (QED) is 0.553. The van der Waals surface area contributed by atoms with E-state index in [2.05, 4.69) is 26.0 Å². The van der Waals surface area contributed by atoms with Crippen molar-refractivity contribution in [2.24, 2.45) is 0 Å². The molecule has 0 aliphatic carbocycles. The van der Waals surface area contributed by atoms with Crippen molar-refractivity contribution < 1.29 is 28.2 Å². The van der Waals surface area contributed by atoms with Gasteiger partial charge in [-0.25, -0.2) is 14.0 Å². The summed E-state index contributed by atoms with van der Waals surface area (Å²) in [6.45, 7) is -0.535. The van der Waals surface area contributed by atoms with Gasteiger partial charge in [-0.1, -0.05) is 22.0 Å². The molecule has 0 heterocycles. The Morgan fingerprint density at radius 1 is 1.19 bits per heavy atom. The second kappa shape index (κ2) is 9.63. The number of hydrogen-bond acceptors (Lipinski definition) is 5. The lowest BCUT2D eigenvalue weighted by Gasteiger charge is -2.07. The van der Waals surface area contributed by atoms with Crippen molar-refractivity contribution in [1.82, 2.24) is 0 Å². The van der Waals surface area contributed by atoms with E-state index in [0.29, 0.717) is 10.2 Å². The van der Waals surface area contributed by atoms with Crippen LogP contribution < -0.4 is 5.32 Å². The van der Waals surface area contributed by atoms with E-state index in [-0.39, 0.29) is 11.1 Å². The SMILES string of the molecule is COC(=O)c1cccc(NC(=O)COC(=O)/C=C/c2cc(Br)ccc2F)c1. The molecule has 0 fully saturated rings. The first-order valence-electron chi connectivity index (χ1n) is 7.67. The molecule has 0 aliphatic rings. The van der Waals surface area contributed by atoms with E-state index >= 15 is 0 Å². The summed E-state index contributed by atoms with van der Waals surface area (Å²) in [5.74, 6) is -2.42. The first-order valence-corrected chi connectivity index (χ1v) is 8.46. The third-order valence-corrected chi connectivity index (χ3v) is 3.76. The molecule has 0 spiro atoms. The van der Waals surface area contributed by atoms with E-state index in [1.54, 1.807) is 12.1 Å². The molecule has 0 saturated carbocycles. The molecule has 0 aromatic heterocycles. The predicted octanol–water partition coefficient (Wildman–Crippen LogP) is 3.57. The minimum Gasteiger partial charge on any atom is -0.465 e. The Kier molecular flexibility index (Phi) is 7.25. The molecule has 0 aliphatic heterocycles. The van der Waals surface area contributed by atoms with Crippen LogP contribution in [0, 0.1) is 5.82 Å². The summed E-state index contributed by atoms with van der Waals surface area (Å²) in [4.78, 5) is 35.0. The van der Waals surface area contributed by atoms with E-state index in [1.807, 2.05) is 0 Å². The molecule has 1 N–H and O–H groups in total. The fraction of sp³-hybridized carbons (Fsp3) is 0.105. The highest BCUT2D eigenvalue weighted by molar-refractivity contribution is 9.10. The summed E-state index contributed by atoms with van der Waals surface area (Å²) in [6.07, 6.45) is 2.27. The minimum atomic E-state index is -0.798. The molecule has 6 nitrogen and oxygen atoms in total. The number of methoxy groups -OCH3 is 1. The van der Waals surface area contributed by atoms with Crippen molar-refractivity contribution in [2.75, 3.05) is 19.0 Å². The van der Waals surface area contributed by atoms with Gasteiger partial charge in [0.15, 0.2) is 6.61 Å². The number of carbonyl (C=O) groups excluding carboxylic acids is 3. The lowest BCUT2D eigenvalue weighted by molar-refractivity contribution is -0.142. The van der Waals surface area contributed by atoms with Crippen LogP contribution in [0.5, 0.6) is 0 Å². The van der Waals surface area contributed by atoms with Crippen molar-refractivity contribution in [2.45, 2.75) is 0 Å². The van der Waals surface area contributed by atoms with Gasteiger partial charge in [-0.15, -0.1) is 0 Å². The molecule has 0 unspecified atom stereocenters. The third kappa shape index (κ3) is 6.34. The maximum Gasteiger partial charge on any atom is 0.337 e. The molecule has 1 amide bonds. The van der Waals surface area contributed by atoms with Crippen LogP contribution >= 0.6 is 15.9 Å². The average Bonchev–Trinajstić information content (AvgIpc) is 2.66. The third-order valence-electron chi connectivity index (χ3n) is 3.27. The molecule has 2 aromatic rings. The summed E-state index contributed by atoms with van der Waals surface area (Å²) >= 11 is 3.20. The van der Waals surface area contributed by atoms with E-state index in [0.717, 1.165) is 6.08 Å². The van der Waals surface area contributed by atoms with Gasteiger partial charge in [-0.05, 0) is 42.5 Å². The lowest BCUT2D eigenvalue weighted by Crippen LogP contribution is -2.20. The lowest BCUT2D eigenvalue weighted by atomic mass is 10.2. The number of benzene rings is 2. The summed E-state index contributed by atoms with van der Waals surface area (Å²) in [5.41, 5.74) is 0.822. The molecule has 2 aromatic carbocycles. The zero-order valence-corrected chi connectivity index (χ0v) is 15.8. The van der Waals surface area contributed by atoms with E-state index in [1.165, 1.54) is 43.5 Å². The van der Waals surface area contributed by atoms with Gasteiger partial charge in [0.05, 0.1) is 12.7 Å². The molecule has 0 bridgehead atoms. The molecular weight excluding hydrogens is 421 g/mol. The number of hydrogen-bond donors (Lipinski definition) is 1. The zero-order chi connectivity index (χ0) is 19.8. The number of esters is 2. The van der Waals surface area contributed by atoms with Crippen LogP contribution in [0.1, 0.15) is 15.9 Å². The molecule has 27 heavy (non-hydrogen) atoms. The van der Waals surface area contributed by atoms with Crippen LogP contribution in [0.25, 0.3) is 6.08 Å². The minimum absolute atomic E-state index is 0.199. The van der Waals surface area contributed by atoms with Gasteiger partial charge >= 0.3 is 11.9 Å². The Morgan fingerprint density at radius 2 is 1.96 bits per heavy atom. The molecule has 8 heteroatoms. The second-order valence-electron chi connectivity index (χ2n) is 5.23. The molecule has 0 atom stereocenters. The highest BCUT2D eigenvalue weighted by Crippen LogP contribution is 2.16. The number of amides is 1. The fourth-order valence-corrected chi connectivity index (χ4v) is 2.40. The monoisotopic (exact) mass is 435 g/mol. The van der Waals surface area contributed by atoms with Crippen molar-refractivity contribution >= 4 is 45.5 Å². The summed E-state index contributed by atoms with van der Waals surface area (Å²) in [6, 6.07) is 10.4. The van der Waals surface area contributed by atoms with E-state index in [9.17, 15) is 18.8 Å². The van der Waals surface area contributed by atoms with E-state index < -0.39 is 30.3 Å². The average molecular weight is 436 g/mol. The van der Waals surface area contributed by atoms with Gasteiger partial charge in [0.2, 0.25) is 0 Å². The van der Waals surface area contributed by atoms with Gasteiger partial charge in [-0.3, -0.25) is 4.79 Å². The number of nitrogens with one attached hydrogen (secondary N) is 1. The number of ether oxygens (including phenoxy) is 2. The predicted molar refractivity (Wildman–Crippen MR) is 101 cm³/mol. The van der Waals surface area contributed by atoms with Gasteiger partial charge in [0, 0.05) is 21.8 Å². The maximum atomic E-state index is 13.6.